The number of hydrogen-bond donors (Lipinski definition) is 1. The Bertz CT molecular complexity index is 700. The summed E-state index contributed by atoms with van der Waals surface area (Å²) in [5.41, 5.74) is 0.770. The van der Waals surface area contributed by atoms with Crippen LogP contribution in [0.5, 0.6) is 0 Å². The molecule has 3 unspecified atom stereocenters. The molecule has 0 aromatic rings. The summed E-state index contributed by atoms with van der Waals surface area (Å²) in [7, 11) is 0. The molecule has 0 aromatic carbocycles. The molecule has 170 valence electrons. The van der Waals surface area contributed by atoms with Crippen molar-refractivity contribution in [3.63, 3.8) is 0 Å². The Morgan fingerprint density at radius 3 is 2.47 bits per heavy atom. The van der Waals surface area contributed by atoms with E-state index in [1.807, 2.05) is 0 Å². The first-order valence-electron chi connectivity index (χ1n) is 12.9. The Balaban J connectivity index is 1.32. The molecular formula is C27H44O3. The fourth-order valence-corrected chi connectivity index (χ4v) is 9.34. The van der Waals surface area contributed by atoms with Gasteiger partial charge in [-0.05, 0) is 112 Å². The van der Waals surface area contributed by atoms with Gasteiger partial charge in [0.15, 0.2) is 0 Å². The summed E-state index contributed by atoms with van der Waals surface area (Å²) in [6.07, 6.45) is 11.4. The molecule has 0 amide bonds. The number of epoxide rings is 1. The monoisotopic (exact) mass is 416 g/mol. The van der Waals surface area contributed by atoms with E-state index in [2.05, 4.69) is 34.6 Å². The number of carbonyl (C=O) groups is 1. The number of hydrogen-bond acceptors (Lipinski definition) is 3. The summed E-state index contributed by atoms with van der Waals surface area (Å²) in [5, 5.41) is 11.3. The van der Waals surface area contributed by atoms with Crippen LogP contribution < -0.4 is 0 Å². The van der Waals surface area contributed by atoms with Crippen molar-refractivity contribution in [3.8, 4) is 0 Å². The molecular weight excluding hydrogens is 372 g/mol. The predicted octanol–water partition coefficient (Wildman–Crippen LogP) is 5.78. The number of Topliss-reactive ketones (excluding diaryl/α,β-unsaturated/α-hetero) is 1. The minimum Gasteiger partial charge on any atom is -0.393 e. The Hall–Kier alpha value is -0.410. The Morgan fingerprint density at radius 1 is 1.07 bits per heavy atom. The van der Waals surface area contributed by atoms with E-state index in [1.165, 1.54) is 38.5 Å². The molecule has 3 heteroatoms. The van der Waals surface area contributed by atoms with Crippen LogP contribution in [0.15, 0.2) is 0 Å². The van der Waals surface area contributed by atoms with Crippen molar-refractivity contribution in [2.45, 2.75) is 117 Å². The van der Waals surface area contributed by atoms with Crippen molar-refractivity contribution < 1.29 is 14.6 Å². The lowest BCUT2D eigenvalue weighted by Crippen LogP contribution is -2.58. The van der Waals surface area contributed by atoms with Crippen molar-refractivity contribution >= 4 is 5.78 Å². The maximum absolute atomic E-state index is 12.1. The molecule has 4 saturated carbocycles. The number of rotatable bonds is 4. The normalized spacial score (nSPS) is 52.9. The zero-order chi connectivity index (χ0) is 21.5. The van der Waals surface area contributed by atoms with E-state index < -0.39 is 0 Å². The second kappa shape index (κ2) is 7.04. The zero-order valence-electron chi connectivity index (χ0n) is 20.0. The molecule has 10 atom stereocenters. The van der Waals surface area contributed by atoms with Gasteiger partial charge in [0.2, 0.25) is 0 Å². The fourth-order valence-electron chi connectivity index (χ4n) is 9.34. The summed E-state index contributed by atoms with van der Waals surface area (Å²) in [5.74, 6) is 4.12. The molecule has 3 nitrogen and oxygen atoms in total. The van der Waals surface area contributed by atoms with Gasteiger partial charge in [0.05, 0.1) is 17.8 Å². The maximum Gasteiger partial charge on any atom is 0.133 e. The minimum absolute atomic E-state index is 0.111. The van der Waals surface area contributed by atoms with Gasteiger partial charge >= 0.3 is 0 Å². The number of fused-ring (bicyclic) bond motifs is 5. The van der Waals surface area contributed by atoms with Crippen molar-refractivity contribution in [2.24, 2.45) is 46.3 Å². The molecule has 0 radical (unpaired) electrons. The van der Waals surface area contributed by atoms with E-state index >= 15 is 0 Å². The van der Waals surface area contributed by atoms with Crippen LogP contribution in [0.4, 0.5) is 0 Å². The first kappa shape index (κ1) is 21.4. The van der Waals surface area contributed by atoms with Crippen molar-refractivity contribution in [1.82, 2.24) is 0 Å². The van der Waals surface area contributed by atoms with Crippen molar-refractivity contribution in [1.29, 1.82) is 0 Å². The molecule has 0 bridgehead atoms. The molecule has 30 heavy (non-hydrogen) atoms. The summed E-state index contributed by atoms with van der Waals surface area (Å²) < 4.78 is 5.85. The lowest BCUT2D eigenvalue weighted by atomic mass is 9.44. The fraction of sp³-hybridized carbons (Fsp3) is 0.963. The third-order valence-electron chi connectivity index (χ3n) is 11.3. The first-order chi connectivity index (χ1) is 14.1. The van der Waals surface area contributed by atoms with Gasteiger partial charge in [0, 0.05) is 12.8 Å². The zero-order valence-corrected chi connectivity index (χ0v) is 20.0. The highest BCUT2D eigenvalue weighted by molar-refractivity contribution is 5.79. The number of aliphatic hydroxyl groups excluding tert-OH is 1. The van der Waals surface area contributed by atoms with Crippen LogP contribution in [0.25, 0.3) is 0 Å². The average Bonchev–Trinajstić information content (AvgIpc) is 3.13. The molecule has 5 aliphatic rings. The average molecular weight is 417 g/mol. The Labute approximate surface area is 183 Å². The van der Waals surface area contributed by atoms with Gasteiger partial charge in [-0.1, -0.05) is 20.8 Å². The molecule has 1 saturated heterocycles. The highest BCUT2D eigenvalue weighted by atomic mass is 16.6. The summed E-state index contributed by atoms with van der Waals surface area (Å²) in [4.78, 5) is 12.1. The molecule has 0 spiro atoms. The van der Waals surface area contributed by atoms with Gasteiger partial charge in [-0.15, -0.1) is 0 Å². The van der Waals surface area contributed by atoms with E-state index in [0.29, 0.717) is 41.0 Å². The standard InChI is InChI=1S/C27H44O3/c1-16(6-9-23-25(2,3)30-23)19-7-8-20-24-21(11-13-27(19,20)5)26(4)12-10-18(28)14-17(26)15-22(24)29/h16-17,19-24,29H,6-15H2,1-5H3/t16-,17+,19?,20+,21+,22?,23?,24+,26+,27-/m1/s1. The van der Waals surface area contributed by atoms with Crippen molar-refractivity contribution in [3.05, 3.63) is 0 Å². The molecule has 1 aliphatic heterocycles. The van der Waals surface area contributed by atoms with Crippen LogP contribution >= 0.6 is 0 Å². The number of carbonyl (C=O) groups excluding carboxylic acids is 1. The topological polar surface area (TPSA) is 49.8 Å². The van der Waals surface area contributed by atoms with Gasteiger partial charge in [-0.25, -0.2) is 0 Å². The number of ketones is 1. The minimum atomic E-state index is -0.196. The second-order valence-electron chi connectivity index (χ2n) is 13.0. The lowest BCUT2D eigenvalue weighted by Gasteiger charge is -2.62. The summed E-state index contributed by atoms with van der Waals surface area (Å²) in [6, 6.07) is 0. The van der Waals surface area contributed by atoms with E-state index in [0.717, 1.165) is 37.5 Å². The van der Waals surface area contributed by atoms with E-state index in [1.54, 1.807) is 0 Å². The maximum atomic E-state index is 12.1. The van der Waals surface area contributed by atoms with Crippen LogP contribution in [0.3, 0.4) is 0 Å². The van der Waals surface area contributed by atoms with Gasteiger partial charge in [-0.3, -0.25) is 4.79 Å². The lowest BCUT2D eigenvalue weighted by molar-refractivity contribution is -0.168. The van der Waals surface area contributed by atoms with E-state index in [9.17, 15) is 9.90 Å². The van der Waals surface area contributed by atoms with E-state index in [-0.39, 0.29) is 17.1 Å². The van der Waals surface area contributed by atoms with Gasteiger partial charge in [0.1, 0.15) is 5.78 Å². The van der Waals surface area contributed by atoms with Crippen LogP contribution in [0.2, 0.25) is 0 Å². The van der Waals surface area contributed by atoms with Crippen LogP contribution in [-0.2, 0) is 9.53 Å². The third kappa shape index (κ3) is 3.16. The third-order valence-corrected chi connectivity index (χ3v) is 11.3. The number of aliphatic hydroxyl groups is 1. The number of ether oxygens (including phenoxy) is 1. The SMILES string of the molecule is C[C@H](CCC1OC1(C)C)C1CC[C@H]2[C@@H]3C(O)C[C@@H]4CC(=O)CC[C@]4(C)[C@H]3CC[C@]12C. The summed E-state index contributed by atoms with van der Waals surface area (Å²) in [6.45, 7) is 12.0. The molecule has 5 fully saturated rings. The van der Waals surface area contributed by atoms with Crippen molar-refractivity contribution in [2.75, 3.05) is 0 Å². The first-order valence-corrected chi connectivity index (χ1v) is 12.9. The smallest absolute Gasteiger partial charge is 0.133 e. The second-order valence-corrected chi connectivity index (χ2v) is 13.0. The van der Waals surface area contributed by atoms with Gasteiger partial charge < -0.3 is 9.84 Å². The largest absolute Gasteiger partial charge is 0.393 e. The van der Waals surface area contributed by atoms with Crippen LogP contribution in [0, 0.1) is 46.3 Å². The quantitative estimate of drug-likeness (QED) is 0.591. The van der Waals surface area contributed by atoms with Gasteiger partial charge in [0.25, 0.3) is 0 Å². The van der Waals surface area contributed by atoms with Crippen LogP contribution in [0.1, 0.15) is 98.8 Å². The Kier molecular flexibility index (Phi) is 5.03. The molecule has 0 aromatic heterocycles. The molecule has 5 rings (SSSR count). The van der Waals surface area contributed by atoms with E-state index in [4.69, 9.17) is 4.74 Å². The van der Waals surface area contributed by atoms with Gasteiger partial charge in [-0.2, -0.15) is 0 Å². The molecule has 1 heterocycles. The Morgan fingerprint density at radius 2 is 1.77 bits per heavy atom. The summed E-state index contributed by atoms with van der Waals surface area (Å²) >= 11 is 0. The highest BCUT2D eigenvalue weighted by Crippen LogP contribution is 2.68. The molecule has 1 N–H and O–H groups in total. The predicted molar refractivity (Wildman–Crippen MR) is 119 cm³/mol. The highest BCUT2D eigenvalue weighted by Gasteiger charge is 2.63. The van der Waals surface area contributed by atoms with Crippen LogP contribution in [-0.4, -0.2) is 28.7 Å². The molecule has 4 aliphatic carbocycles.